The number of rotatable bonds is 7. The second-order valence-corrected chi connectivity index (χ2v) is 2.42. The lowest BCUT2D eigenvalue weighted by atomic mass is 10.1. The molecular formula is C9H14O2. The summed E-state index contributed by atoms with van der Waals surface area (Å²) in [4.78, 5) is 20.8. The summed E-state index contributed by atoms with van der Waals surface area (Å²) in [5.41, 5.74) is 0. The molecule has 0 saturated heterocycles. The second kappa shape index (κ2) is 7.19. The maximum Gasteiger partial charge on any atom is 0.133 e. The Bertz CT molecular complexity index is 138. The monoisotopic (exact) mass is 154 g/mol. The van der Waals surface area contributed by atoms with Gasteiger partial charge in [0.1, 0.15) is 12.1 Å². The molecule has 0 amide bonds. The number of carbonyl (C=O) groups is 2. The first kappa shape index (κ1) is 10.1. The Morgan fingerprint density at radius 1 is 1.27 bits per heavy atom. The van der Waals surface area contributed by atoms with Crippen molar-refractivity contribution in [1.82, 2.24) is 0 Å². The zero-order valence-electron chi connectivity index (χ0n) is 6.71. The van der Waals surface area contributed by atoms with E-state index in [0.29, 0.717) is 25.7 Å². The van der Waals surface area contributed by atoms with E-state index in [1.807, 2.05) is 0 Å². The third kappa shape index (κ3) is 6.97. The number of hydrogen-bond donors (Lipinski definition) is 0. The first-order valence-electron chi connectivity index (χ1n) is 3.87. The van der Waals surface area contributed by atoms with E-state index in [0.717, 1.165) is 12.7 Å². The lowest BCUT2D eigenvalue weighted by molar-refractivity contribution is -0.119. The van der Waals surface area contributed by atoms with Crippen molar-refractivity contribution in [2.75, 3.05) is 0 Å². The third-order valence-corrected chi connectivity index (χ3v) is 1.40. The average Bonchev–Trinajstić information content (AvgIpc) is 2.01. The fourth-order valence-corrected chi connectivity index (χ4v) is 0.771. The molecule has 0 fully saturated rings. The Labute approximate surface area is 67.3 Å². The van der Waals surface area contributed by atoms with Gasteiger partial charge in [-0.1, -0.05) is 6.08 Å². The van der Waals surface area contributed by atoms with Crippen LogP contribution in [0.5, 0.6) is 0 Å². The van der Waals surface area contributed by atoms with Gasteiger partial charge < -0.3 is 4.79 Å². The number of ketones is 1. The Kier molecular flexibility index (Phi) is 6.59. The van der Waals surface area contributed by atoms with Gasteiger partial charge in [-0.25, -0.2) is 0 Å². The Morgan fingerprint density at radius 2 is 2.00 bits per heavy atom. The number of aldehydes is 1. The van der Waals surface area contributed by atoms with Gasteiger partial charge in [0.25, 0.3) is 0 Å². The molecule has 0 unspecified atom stereocenters. The van der Waals surface area contributed by atoms with Crippen LogP contribution in [0.1, 0.15) is 32.1 Å². The summed E-state index contributed by atoms with van der Waals surface area (Å²) in [6, 6.07) is 0. The Morgan fingerprint density at radius 3 is 2.55 bits per heavy atom. The molecule has 0 radical (unpaired) electrons. The summed E-state index contributed by atoms with van der Waals surface area (Å²) in [5.74, 6) is 0.228. The maximum absolute atomic E-state index is 10.9. The third-order valence-electron chi connectivity index (χ3n) is 1.40. The van der Waals surface area contributed by atoms with Gasteiger partial charge in [0.15, 0.2) is 0 Å². The van der Waals surface area contributed by atoms with Crippen LogP contribution in [-0.4, -0.2) is 12.1 Å². The van der Waals surface area contributed by atoms with Gasteiger partial charge >= 0.3 is 0 Å². The molecule has 0 aliphatic carbocycles. The van der Waals surface area contributed by atoms with Crippen LogP contribution in [0.3, 0.4) is 0 Å². The van der Waals surface area contributed by atoms with Gasteiger partial charge in [0.2, 0.25) is 0 Å². The van der Waals surface area contributed by atoms with Crippen LogP contribution >= 0.6 is 0 Å². The van der Waals surface area contributed by atoms with Gasteiger partial charge in [0, 0.05) is 19.3 Å². The average molecular weight is 154 g/mol. The van der Waals surface area contributed by atoms with E-state index in [1.54, 1.807) is 6.08 Å². The van der Waals surface area contributed by atoms with Crippen LogP contribution in [0.15, 0.2) is 12.7 Å². The molecule has 2 heteroatoms. The molecule has 11 heavy (non-hydrogen) atoms. The highest BCUT2D eigenvalue weighted by atomic mass is 16.1. The SMILES string of the molecule is C=CCCC(=O)CCCC=O. The van der Waals surface area contributed by atoms with Gasteiger partial charge in [-0.05, 0) is 12.8 Å². The number of unbranched alkanes of at least 4 members (excludes halogenated alkanes) is 1. The van der Waals surface area contributed by atoms with Gasteiger partial charge in [-0.15, -0.1) is 6.58 Å². The summed E-state index contributed by atoms with van der Waals surface area (Å²) in [6.07, 6.45) is 5.63. The van der Waals surface area contributed by atoms with Crippen molar-refractivity contribution in [2.45, 2.75) is 32.1 Å². The van der Waals surface area contributed by atoms with E-state index in [-0.39, 0.29) is 5.78 Å². The van der Waals surface area contributed by atoms with E-state index < -0.39 is 0 Å². The molecule has 0 aliphatic rings. The van der Waals surface area contributed by atoms with E-state index in [9.17, 15) is 9.59 Å². The molecule has 0 saturated carbocycles. The standard InChI is InChI=1S/C9H14O2/c1-2-3-6-9(11)7-4-5-8-10/h2,8H,1,3-7H2. The molecule has 2 nitrogen and oxygen atoms in total. The van der Waals surface area contributed by atoms with E-state index in [1.165, 1.54) is 0 Å². The van der Waals surface area contributed by atoms with Crippen molar-refractivity contribution < 1.29 is 9.59 Å². The van der Waals surface area contributed by atoms with Crippen LogP contribution in [0.25, 0.3) is 0 Å². The minimum absolute atomic E-state index is 0.228. The van der Waals surface area contributed by atoms with Crippen molar-refractivity contribution in [2.24, 2.45) is 0 Å². The zero-order valence-corrected chi connectivity index (χ0v) is 6.71. The van der Waals surface area contributed by atoms with Crippen LogP contribution in [0.2, 0.25) is 0 Å². The summed E-state index contributed by atoms with van der Waals surface area (Å²) in [5, 5.41) is 0. The summed E-state index contributed by atoms with van der Waals surface area (Å²) < 4.78 is 0. The fourth-order valence-electron chi connectivity index (χ4n) is 0.771. The molecule has 0 aromatic rings. The molecule has 0 aliphatic heterocycles. The highest BCUT2D eigenvalue weighted by molar-refractivity contribution is 5.78. The normalized spacial score (nSPS) is 9.09. The fraction of sp³-hybridized carbons (Fsp3) is 0.556. The predicted octanol–water partition coefficient (Wildman–Crippen LogP) is 1.89. The van der Waals surface area contributed by atoms with Crippen molar-refractivity contribution >= 4 is 12.1 Å². The molecule has 0 heterocycles. The largest absolute Gasteiger partial charge is 0.303 e. The molecule has 0 aromatic carbocycles. The molecule has 0 N–H and O–H groups in total. The van der Waals surface area contributed by atoms with E-state index >= 15 is 0 Å². The highest BCUT2D eigenvalue weighted by Gasteiger charge is 1.98. The number of Topliss-reactive ketones (excluding diaryl/α,β-unsaturated/α-hetero) is 1. The topological polar surface area (TPSA) is 34.1 Å². The van der Waals surface area contributed by atoms with Crippen LogP contribution < -0.4 is 0 Å². The molecule has 0 rings (SSSR count). The lowest BCUT2D eigenvalue weighted by Crippen LogP contribution is -1.96. The molecule has 0 bridgehead atoms. The maximum atomic E-state index is 10.9. The minimum atomic E-state index is 0.228. The van der Waals surface area contributed by atoms with Crippen molar-refractivity contribution in [3.05, 3.63) is 12.7 Å². The first-order chi connectivity index (χ1) is 5.31. The van der Waals surface area contributed by atoms with Crippen LogP contribution in [0.4, 0.5) is 0 Å². The first-order valence-corrected chi connectivity index (χ1v) is 3.87. The molecular weight excluding hydrogens is 140 g/mol. The summed E-state index contributed by atoms with van der Waals surface area (Å²) in [7, 11) is 0. The van der Waals surface area contributed by atoms with Crippen LogP contribution in [-0.2, 0) is 9.59 Å². The quantitative estimate of drug-likeness (QED) is 0.319. The predicted molar refractivity (Wildman–Crippen MR) is 44.4 cm³/mol. The van der Waals surface area contributed by atoms with Crippen molar-refractivity contribution in [3.8, 4) is 0 Å². The second-order valence-electron chi connectivity index (χ2n) is 2.42. The minimum Gasteiger partial charge on any atom is -0.303 e. The molecule has 62 valence electrons. The van der Waals surface area contributed by atoms with Crippen molar-refractivity contribution in [3.63, 3.8) is 0 Å². The van der Waals surface area contributed by atoms with E-state index in [4.69, 9.17) is 0 Å². The van der Waals surface area contributed by atoms with Crippen molar-refractivity contribution in [1.29, 1.82) is 0 Å². The Balaban J connectivity index is 3.21. The Hall–Kier alpha value is -0.920. The lowest BCUT2D eigenvalue weighted by Gasteiger charge is -1.94. The van der Waals surface area contributed by atoms with Gasteiger partial charge in [-0.3, -0.25) is 4.79 Å². The number of hydrogen-bond acceptors (Lipinski definition) is 2. The smallest absolute Gasteiger partial charge is 0.133 e. The zero-order chi connectivity index (χ0) is 8.53. The number of carbonyl (C=O) groups excluding carboxylic acids is 2. The van der Waals surface area contributed by atoms with Gasteiger partial charge in [-0.2, -0.15) is 0 Å². The van der Waals surface area contributed by atoms with Gasteiger partial charge in [0.05, 0.1) is 0 Å². The van der Waals surface area contributed by atoms with E-state index in [2.05, 4.69) is 6.58 Å². The highest BCUT2D eigenvalue weighted by Crippen LogP contribution is 2.00. The molecule has 0 aromatic heterocycles. The number of allylic oxidation sites excluding steroid dienone is 1. The van der Waals surface area contributed by atoms with Crippen LogP contribution in [0, 0.1) is 0 Å². The molecule has 0 spiro atoms. The molecule has 0 atom stereocenters. The summed E-state index contributed by atoms with van der Waals surface area (Å²) in [6.45, 7) is 3.52. The summed E-state index contributed by atoms with van der Waals surface area (Å²) >= 11 is 0.